The number of anilines is 1. The molecule has 182 valence electrons. The summed E-state index contributed by atoms with van der Waals surface area (Å²) in [6, 6.07) is 42.0. The van der Waals surface area contributed by atoms with Crippen molar-refractivity contribution in [2.45, 2.75) is 0 Å². The van der Waals surface area contributed by atoms with Crippen LogP contribution in [0.4, 0.5) is 5.69 Å². The van der Waals surface area contributed by atoms with Crippen molar-refractivity contribution in [3.8, 4) is 16.9 Å². The zero-order valence-electron chi connectivity index (χ0n) is 20.5. The van der Waals surface area contributed by atoms with E-state index in [0.29, 0.717) is 11.5 Å². The van der Waals surface area contributed by atoms with E-state index in [1.807, 2.05) is 138 Å². The molecule has 0 fully saturated rings. The maximum absolute atomic E-state index is 4.86. The highest BCUT2D eigenvalue weighted by Crippen LogP contribution is 2.22. The Morgan fingerprint density at radius 1 is 0.711 bits per heavy atom. The number of hydrogen-bond donors (Lipinski definition) is 1. The van der Waals surface area contributed by atoms with Gasteiger partial charge in [0.15, 0.2) is 5.84 Å². The highest BCUT2D eigenvalue weighted by Gasteiger charge is 2.12. The normalized spacial score (nSPS) is 11.7. The number of pyridine rings is 1. The zero-order valence-corrected chi connectivity index (χ0v) is 20.5. The van der Waals surface area contributed by atoms with Gasteiger partial charge in [0, 0.05) is 28.4 Å². The number of fused-ring (bicyclic) bond motifs is 1. The van der Waals surface area contributed by atoms with E-state index in [9.17, 15) is 0 Å². The third-order valence-electron chi connectivity index (χ3n) is 6.04. The lowest BCUT2D eigenvalue weighted by molar-refractivity contribution is 0.884. The fraction of sp³-hybridized carbons (Fsp3) is 0. The average Bonchev–Trinajstić information content (AvgIpc) is 3.42. The Morgan fingerprint density at radius 2 is 1.39 bits per heavy atom. The van der Waals surface area contributed by atoms with Crippen molar-refractivity contribution in [1.82, 2.24) is 14.8 Å². The van der Waals surface area contributed by atoms with Crippen LogP contribution in [0.5, 0.6) is 0 Å². The summed E-state index contributed by atoms with van der Waals surface area (Å²) < 4.78 is 1.86. The molecule has 38 heavy (non-hydrogen) atoms. The Kier molecular flexibility index (Phi) is 6.51. The molecule has 0 aliphatic heterocycles. The summed E-state index contributed by atoms with van der Waals surface area (Å²) in [5.74, 6) is 0.551. The van der Waals surface area contributed by atoms with Gasteiger partial charge in [-0.1, -0.05) is 91.0 Å². The molecule has 0 radical (unpaired) electrons. The van der Waals surface area contributed by atoms with Crippen LogP contribution in [0.15, 0.2) is 144 Å². The Labute approximate surface area is 220 Å². The maximum Gasteiger partial charge on any atom is 0.178 e. The van der Waals surface area contributed by atoms with Gasteiger partial charge in [0.25, 0.3) is 0 Å². The van der Waals surface area contributed by atoms with Crippen LogP contribution in [0, 0.1) is 0 Å². The van der Waals surface area contributed by atoms with Crippen LogP contribution in [0.3, 0.4) is 0 Å². The monoisotopic (exact) mass is 492 g/mol. The third-order valence-corrected chi connectivity index (χ3v) is 6.04. The van der Waals surface area contributed by atoms with Gasteiger partial charge in [-0.2, -0.15) is 10.2 Å². The number of aromatic nitrogens is 3. The fourth-order valence-electron chi connectivity index (χ4n) is 4.16. The van der Waals surface area contributed by atoms with Crippen LogP contribution in [0.25, 0.3) is 27.8 Å². The zero-order chi connectivity index (χ0) is 25.6. The van der Waals surface area contributed by atoms with Gasteiger partial charge >= 0.3 is 0 Å². The number of amidine groups is 1. The minimum Gasteiger partial charge on any atom is -0.337 e. The number of nitrogens with one attached hydrogen (secondary N) is 1. The summed E-state index contributed by atoms with van der Waals surface area (Å²) in [5.41, 5.74) is 6.16. The van der Waals surface area contributed by atoms with Crippen molar-refractivity contribution >= 4 is 28.6 Å². The first-order valence-corrected chi connectivity index (χ1v) is 12.3. The topological polar surface area (TPSA) is 67.5 Å². The van der Waals surface area contributed by atoms with E-state index in [-0.39, 0.29) is 0 Å². The van der Waals surface area contributed by atoms with Gasteiger partial charge in [0.1, 0.15) is 11.4 Å². The van der Waals surface area contributed by atoms with Gasteiger partial charge in [-0.25, -0.2) is 9.67 Å². The molecule has 6 nitrogen and oxygen atoms in total. The van der Waals surface area contributed by atoms with Crippen LogP contribution >= 0.6 is 0 Å². The van der Waals surface area contributed by atoms with Crippen LogP contribution in [0.2, 0.25) is 0 Å². The average molecular weight is 493 g/mol. The second-order valence-electron chi connectivity index (χ2n) is 8.65. The first kappa shape index (κ1) is 23.1. The summed E-state index contributed by atoms with van der Waals surface area (Å²) in [7, 11) is 0. The molecule has 0 spiro atoms. The van der Waals surface area contributed by atoms with Gasteiger partial charge in [-0.15, -0.1) is 5.10 Å². The van der Waals surface area contributed by atoms with Crippen molar-refractivity contribution in [2.24, 2.45) is 10.2 Å². The molecule has 0 aliphatic carbocycles. The van der Waals surface area contributed by atoms with E-state index in [4.69, 9.17) is 10.1 Å². The quantitative estimate of drug-likeness (QED) is 0.155. The van der Waals surface area contributed by atoms with E-state index in [1.165, 1.54) is 0 Å². The number of nitrogens with zero attached hydrogens (tertiary/aromatic N) is 5. The maximum atomic E-state index is 4.86. The molecular weight excluding hydrogens is 468 g/mol. The highest BCUT2D eigenvalue weighted by atomic mass is 15.3. The second kappa shape index (κ2) is 10.7. The Balaban J connectivity index is 1.40. The fourth-order valence-corrected chi connectivity index (χ4v) is 4.16. The lowest BCUT2D eigenvalue weighted by Crippen LogP contribution is -2.15. The second-order valence-corrected chi connectivity index (χ2v) is 8.65. The molecule has 0 amide bonds. The Hall–Kier alpha value is -5.36. The van der Waals surface area contributed by atoms with Gasteiger partial charge < -0.3 is 5.32 Å². The lowest BCUT2D eigenvalue weighted by atomic mass is 10.1. The summed E-state index contributed by atoms with van der Waals surface area (Å²) >= 11 is 0. The van der Waals surface area contributed by atoms with Gasteiger partial charge in [-0.3, -0.25) is 0 Å². The summed E-state index contributed by atoms with van der Waals surface area (Å²) in [4.78, 5) is 4.82. The van der Waals surface area contributed by atoms with E-state index in [2.05, 4.69) is 15.5 Å². The molecular formula is C32H24N6. The number of rotatable bonds is 6. The Bertz CT molecular complexity index is 1720. The minimum absolute atomic E-state index is 0.551. The molecule has 2 aromatic heterocycles. The van der Waals surface area contributed by atoms with E-state index in [1.54, 1.807) is 6.21 Å². The first-order valence-electron chi connectivity index (χ1n) is 12.3. The van der Waals surface area contributed by atoms with Gasteiger partial charge in [0.2, 0.25) is 0 Å². The van der Waals surface area contributed by atoms with Crippen molar-refractivity contribution < 1.29 is 0 Å². The largest absolute Gasteiger partial charge is 0.337 e. The molecule has 4 aromatic carbocycles. The summed E-state index contributed by atoms with van der Waals surface area (Å²) in [6.07, 6.45) is 3.71. The SMILES string of the molecule is C(=N\N=C(/Nc1ccccc1)c1ccc2ccccc2n1)/c1cn(-c2ccccc2)nc1-c1ccccc1. The predicted molar refractivity (Wildman–Crippen MR) is 155 cm³/mol. The Morgan fingerprint density at radius 3 is 2.18 bits per heavy atom. The molecule has 0 aliphatic rings. The minimum atomic E-state index is 0.551. The molecule has 0 atom stereocenters. The van der Waals surface area contributed by atoms with Crippen LogP contribution in [-0.2, 0) is 0 Å². The highest BCUT2D eigenvalue weighted by molar-refractivity contribution is 6.08. The van der Waals surface area contributed by atoms with E-state index < -0.39 is 0 Å². The van der Waals surface area contributed by atoms with Crippen molar-refractivity contribution in [2.75, 3.05) is 5.32 Å². The number of hydrogen-bond acceptors (Lipinski definition) is 4. The standard InChI is InChI=1S/C32H24N6/c1-4-13-25(14-5-1)31-26(23-38(37-31)28-17-8-3-9-18-28)22-33-36-32(34-27-15-6-2-7-16-27)30-21-20-24-12-10-11-19-29(24)35-30/h1-23H,(H,34,36)/b33-22+. The predicted octanol–water partition coefficient (Wildman–Crippen LogP) is 6.98. The molecule has 0 saturated heterocycles. The van der Waals surface area contributed by atoms with Crippen LogP contribution < -0.4 is 5.32 Å². The smallest absolute Gasteiger partial charge is 0.178 e. The molecule has 2 heterocycles. The lowest BCUT2D eigenvalue weighted by Gasteiger charge is -2.09. The molecule has 6 rings (SSSR count). The molecule has 1 N–H and O–H groups in total. The van der Waals surface area contributed by atoms with Crippen molar-refractivity contribution in [3.05, 3.63) is 145 Å². The van der Waals surface area contributed by atoms with Gasteiger partial charge in [-0.05, 0) is 36.4 Å². The van der Waals surface area contributed by atoms with Crippen LogP contribution in [-0.4, -0.2) is 26.8 Å². The van der Waals surface area contributed by atoms with Crippen molar-refractivity contribution in [1.29, 1.82) is 0 Å². The molecule has 0 saturated carbocycles. The van der Waals surface area contributed by atoms with Crippen molar-refractivity contribution in [3.63, 3.8) is 0 Å². The number of para-hydroxylation sites is 3. The first-order chi connectivity index (χ1) is 18.8. The molecule has 0 bridgehead atoms. The molecule has 6 aromatic rings. The molecule has 0 unspecified atom stereocenters. The van der Waals surface area contributed by atoms with E-state index >= 15 is 0 Å². The number of benzene rings is 4. The summed E-state index contributed by atoms with van der Waals surface area (Å²) in [5, 5.41) is 18.4. The summed E-state index contributed by atoms with van der Waals surface area (Å²) in [6.45, 7) is 0. The van der Waals surface area contributed by atoms with E-state index in [0.717, 1.165) is 39.1 Å². The molecule has 6 heteroatoms. The third kappa shape index (κ3) is 5.10. The van der Waals surface area contributed by atoms with Gasteiger partial charge in [0.05, 0.1) is 17.4 Å². The van der Waals surface area contributed by atoms with Crippen LogP contribution in [0.1, 0.15) is 11.3 Å².